The van der Waals surface area contributed by atoms with Crippen molar-refractivity contribution in [3.8, 4) is 11.5 Å². The largest absolute Gasteiger partial charge is 0.495 e. The van der Waals surface area contributed by atoms with E-state index in [-0.39, 0.29) is 5.56 Å². The molecule has 1 N–H and O–H groups in total. The van der Waals surface area contributed by atoms with Gasteiger partial charge in [-0.2, -0.15) is 0 Å². The number of amides is 2. The van der Waals surface area contributed by atoms with Crippen LogP contribution >= 0.6 is 15.9 Å². The fourth-order valence-electron chi connectivity index (χ4n) is 2.03. The molecule has 136 valence electrons. The van der Waals surface area contributed by atoms with Gasteiger partial charge in [-0.3, -0.25) is 14.9 Å². The molecular weight excluding hydrogens is 406 g/mol. The van der Waals surface area contributed by atoms with Crippen molar-refractivity contribution in [2.75, 3.05) is 20.8 Å². The summed E-state index contributed by atoms with van der Waals surface area (Å²) in [7, 11) is 2.88. The van der Waals surface area contributed by atoms with E-state index in [0.29, 0.717) is 21.5 Å². The predicted octanol–water partition coefficient (Wildman–Crippen LogP) is 2.58. The quantitative estimate of drug-likeness (QED) is 0.720. The number of benzene rings is 2. The van der Waals surface area contributed by atoms with E-state index in [1.807, 2.05) is 0 Å². The van der Waals surface area contributed by atoms with Gasteiger partial charge in [0.25, 0.3) is 11.8 Å². The molecule has 0 heterocycles. The van der Waals surface area contributed by atoms with E-state index in [0.717, 1.165) is 0 Å². The van der Waals surface area contributed by atoms with E-state index < -0.39 is 24.4 Å². The van der Waals surface area contributed by atoms with Crippen molar-refractivity contribution in [2.45, 2.75) is 0 Å². The third-order valence-electron chi connectivity index (χ3n) is 3.30. The lowest BCUT2D eigenvalue weighted by atomic mass is 10.2. The van der Waals surface area contributed by atoms with Crippen LogP contribution in [0, 0.1) is 0 Å². The smallest absolute Gasteiger partial charge is 0.338 e. The van der Waals surface area contributed by atoms with Crippen LogP contribution in [0.25, 0.3) is 0 Å². The van der Waals surface area contributed by atoms with E-state index in [1.54, 1.807) is 30.3 Å². The van der Waals surface area contributed by atoms with Gasteiger partial charge in [0.15, 0.2) is 6.61 Å². The van der Waals surface area contributed by atoms with Gasteiger partial charge in [0.05, 0.1) is 19.8 Å². The fraction of sp³-hybridized carbons (Fsp3) is 0.167. The number of nitrogens with one attached hydrogen (secondary N) is 1. The average Bonchev–Trinajstić information content (AvgIpc) is 2.66. The molecular formula is C18H16BrNO6. The Morgan fingerprint density at radius 1 is 0.962 bits per heavy atom. The maximum Gasteiger partial charge on any atom is 0.338 e. The number of carbonyl (C=O) groups excluding carboxylic acids is 3. The molecule has 2 amide bonds. The third-order valence-corrected chi connectivity index (χ3v) is 4.09. The zero-order valence-electron chi connectivity index (χ0n) is 14.1. The number of hydrogen-bond acceptors (Lipinski definition) is 6. The summed E-state index contributed by atoms with van der Waals surface area (Å²) in [6, 6.07) is 11.1. The predicted molar refractivity (Wildman–Crippen MR) is 96.4 cm³/mol. The molecule has 8 heteroatoms. The Bertz CT molecular complexity index is 797. The number of imide groups is 1. The second-order valence-corrected chi connectivity index (χ2v) is 5.81. The Hall–Kier alpha value is -2.87. The SMILES string of the molecule is COc1cc(C(=O)OCC(=O)NC(=O)c2ccccc2)cc(OC)c1Br. The van der Waals surface area contributed by atoms with E-state index in [2.05, 4.69) is 21.2 Å². The van der Waals surface area contributed by atoms with Crippen LogP contribution in [0.3, 0.4) is 0 Å². The minimum absolute atomic E-state index is 0.143. The Labute approximate surface area is 158 Å². The lowest BCUT2D eigenvalue weighted by Gasteiger charge is -2.11. The van der Waals surface area contributed by atoms with Gasteiger partial charge in [0.2, 0.25) is 0 Å². The van der Waals surface area contributed by atoms with E-state index in [4.69, 9.17) is 14.2 Å². The van der Waals surface area contributed by atoms with Gasteiger partial charge in [0.1, 0.15) is 16.0 Å². The van der Waals surface area contributed by atoms with Crippen LogP contribution in [0.2, 0.25) is 0 Å². The molecule has 0 saturated carbocycles. The summed E-state index contributed by atoms with van der Waals surface area (Å²) >= 11 is 3.29. The summed E-state index contributed by atoms with van der Waals surface area (Å²) in [6.45, 7) is -0.599. The van der Waals surface area contributed by atoms with Crippen LogP contribution in [0.4, 0.5) is 0 Å². The monoisotopic (exact) mass is 421 g/mol. The average molecular weight is 422 g/mol. The highest BCUT2D eigenvalue weighted by Gasteiger charge is 2.17. The Morgan fingerprint density at radius 2 is 1.54 bits per heavy atom. The van der Waals surface area contributed by atoms with Crippen molar-refractivity contribution in [3.05, 3.63) is 58.1 Å². The van der Waals surface area contributed by atoms with Gasteiger partial charge >= 0.3 is 5.97 Å². The molecule has 0 aliphatic heterocycles. The Balaban J connectivity index is 1.98. The maximum absolute atomic E-state index is 12.1. The molecule has 26 heavy (non-hydrogen) atoms. The second-order valence-electron chi connectivity index (χ2n) is 5.01. The van der Waals surface area contributed by atoms with Crippen LogP contribution in [-0.2, 0) is 9.53 Å². The lowest BCUT2D eigenvalue weighted by Crippen LogP contribution is -2.34. The van der Waals surface area contributed by atoms with E-state index >= 15 is 0 Å². The summed E-state index contributed by atoms with van der Waals surface area (Å²) in [5, 5.41) is 2.15. The summed E-state index contributed by atoms with van der Waals surface area (Å²) in [6.07, 6.45) is 0. The molecule has 0 saturated heterocycles. The second kappa shape index (κ2) is 9.00. The minimum Gasteiger partial charge on any atom is -0.495 e. The molecule has 0 bridgehead atoms. The normalized spacial score (nSPS) is 9.96. The van der Waals surface area contributed by atoms with Gasteiger partial charge < -0.3 is 14.2 Å². The van der Waals surface area contributed by atoms with Gasteiger partial charge in [-0.25, -0.2) is 4.79 Å². The standard InChI is InChI=1S/C18H16BrNO6/c1-24-13-8-12(9-14(25-2)16(13)19)18(23)26-10-15(21)20-17(22)11-6-4-3-5-7-11/h3-9H,10H2,1-2H3,(H,20,21,22). The zero-order valence-corrected chi connectivity index (χ0v) is 15.7. The van der Waals surface area contributed by atoms with Crippen molar-refractivity contribution in [1.82, 2.24) is 5.32 Å². The number of carbonyl (C=O) groups is 3. The van der Waals surface area contributed by atoms with Gasteiger partial charge in [-0.15, -0.1) is 0 Å². The van der Waals surface area contributed by atoms with E-state index in [1.165, 1.54) is 26.4 Å². The third kappa shape index (κ3) is 4.82. The maximum atomic E-state index is 12.1. The molecule has 2 aromatic carbocycles. The van der Waals surface area contributed by atoms with Gasteiger partial charge in [-0.1, -0.05) is 18.2 Å². The van der Waals surface area contributed by atoms with Crippen LogP contribution < -0.4 is 14.8 Å². The molecule has 0 fully saturated rings. The van der Waals surface area contributed by atoms with Gasteiger partial charge in [-0.05, 0) is 40.2 Å². The van der Waals surface area contributed by atoms with Crippen molar-refractivity contribution >= 4 is 33.7 Å². The van der Waals surface area contributed by atoms with Crippen LogP contribution in [0.5, 0.6) is 11.5 Å². The molecule has 2 aromatic rings. The number of rotatable bonds is 6. The molecule has 7 nitrogen and oxygen atoms in total. The Morgan fingerprint density at radius 3 is 2.08 bits per heavy atom. The first-order chi connectivity index (χ1) is 12.5. The summed E-state index contributed by atoms with van der Waals surface area (Å²) in [5.74, 6) is -1.31. The first-order valence-corrected chi connectivity index (χ1v) is 8.23. The minimum atomic E-state index is -0.753. The highest BCUT2D eigenvalue weighted by molar-refractivity contribution is 9.10. The Kier molecular flexibility index (Phi) is 6.74. The van der Waals surface area contributed by atoms with E-state index in [9.17, 15) is 14.4 Å². The van der Waals surface area contributed by atoms with Crippen molar-refractivity contribution in [2.24, 2.45) is 0 Å². The van der Waals surface area contributed by atoms with Crippen LogP contribution in [0.15, 0.2) is 46.9 Å². The van der Waals surface area contributed by atoms with Crippen molar-refractivity contribution in [1.29, 1.82) is 0 Å². The topological polar surface area (TPSA) is 90.9 Å². The molecule has 0 unspecified atom stereocenters. The van der Waals surface area contributed by atoms with Crippen LogP contribution in [-0.4, -0.2) is 38.6 Å². The first-order valence-electron chi connectivity index (χ1n) is 7.44. The molecule has 0 aliphatic rings. The summed E-state index contributed by atoms with van der Waals surface area (Å²) in [5.41, 5.74) is 0.471. The highest BCUT2D eigenvalue weighted by atomic mass is 79.9. The summed E-state index contributed by atoms with van der Waals surface area (Å²) < 4.78 is 15.8. The number of methoxy groups -OCH3 is 2. The number of esters is 1. The lowest BCUT2D eigenvalue weighted by molar-refractivity contribution is -0.123. The molecule has 0 aromatic heterocycles. The molecule has 0 spiro atoms. The van der Waals surface area contributed by atoms with Gasteiger partial charge in [0, 0.05) is 5.56 Å². The number of ether oxygens (including phenoxy) is 3. The molecule has 0 aliphatic carbocycles. The van der Waals surface area contributed by atoms with Crippen molar-refractivity contribution in [3.63, 3.8) is 0 Å². The number of hydrogen-bond donors (Lipinski definition) is 1. The first kappa shape index (κ1) is 19.5. The number of halogens is 1. The molecule has 0 radical (unpaired) electrons. The molecule has 2 rings (SSSR count). The highest BCUT2D eigenvalue weighted by Crippen LogP contribution is 2.35. The zero-order chi connectivity index (χ0) is 19.1. The van der Waals surface area contributed by atoms with Crippen LogP contribution in [0.1, 0.15) is 20.7 Å². The fourth-order valence-corrected chi connectivity index (χ4v) is 2.58. The van der Waals surface area contributed by atoms with Crippen molar-refractivity contribution < 1.29 is 28.6 Å². The summed E-state index contributed by atoms with van der Waals surface area (Å²) in [4.78, 5) is 35.8. The molecule has 0 atom stereocenters.